The lowest BCUT2D eigenvalue weighted by Crippen LogP contribution is -2.35. The minimum absolute atomic E-state index is 0.0167. The van der Waals surface area contributed by atoms with Gasteiger partial charge in [-0.1, -0.05) is 72.8 Å². The molecule has 3 N–H and O–H groups in total. The van der Waals surface area contributed by atoms with Crippen LogP contribution in [0.1, 0.15) is 41.5 Å². The molecular weight excluding hydrogens is 444 g/mol. The fraction of sp³-hybridized carbons (Fsp3) is 0.250. The summed E-state index contributed by atoms with van der Waals surface area (Å²) in [4.78, 5) is 35.6. The van der Waals surface area contributed by atoms with E-state index in [1.165, 1.54) is 11.1 Å². The number of carbonyl (C=O) groups excluding carboxylic acids is 2. The molecular formula is C28H28N2O5. The van der Waals surface area contributed by atoms with Crippen LogP contribution in [-0.2, 0) is 27.3 Å². The van der Waals surface area contributed by atoms with Crippen LogP contribution in [0.25, 0.3) is 11.1 Å². The molecule has 0 saturated heterocycles. The fourth-order valence-electron chi connectivity index (χ4n) is 4.53. The van der Waals surface area contributed by atoms with Crippen LogP contribution in [0, 0.1) is 0 Å². The Bertz CT molecular complexity index is 1190. The van der Waals surface area contributed by atoms with Crippen molar-refractivity contribution >= 4 is 18.0 Å². The van der Waals surface area contributed by atoms with Crippen molar-refractivity contribution in [1.29, 1.82) is 0 Å². The van der Waals surface area contributed by atoms with Crippen molar-refractivity contribution in [1.82, 2.24) is 10.6 Å². The van der Waals surface area contributed by atoms with E-state index in [-0.39, 0.29) is 37.8 Å². The summed E-state index contributed by atoms with van der Waals surface area (Å²) in [5.74, 6) is -1.25. The molecule has 1 atom stereocenters. The maximum Gasteiger partial charge on any atom is 0.407 e. The summed E-state index contributed by atoms with van der Waals surface area (Å²) in [6.07, 6.45) is -0.579. The second kappa shape index (κ2) is 10.9. The highest BCUT2D eigenvalue weighted by Gasteiger charge is 2.29. The van der Waals surface area contributed by atoms with Gasteiger partial charge < -0.3 is 20.5 Å². The van der Waals surface area contributed by atoms with E-state index in [0.29, 0.717) is 0 Å². The Hall–Kier alpha value is -4.13. The third-order valence-corrected chi connectivity index (χ3v) is 6.12. The quantitative estimate of drug-likeness (QED) is 0.432. The van der Waals surface area contributed by atoms with Crippen LogP contribution in [0.5, 0.6) is 0 Å². The highest BCUT2D eigenvalue weighted by atomic mass is 16.5. The first kappa shape index (κ1) is 24.0. The number of hydrogen-bond donors (Lipinski definition) is 3. The van der Waals surface area contributed by atoms with Crippen molar-refractivity contribution in [2.24, 2.45) is 0 Å². The number of benzene rings is 3. The lowest BCUT2D eigenvalue weighted by molar-refractivity contribution is -0.137. The van der Waals surface area contributed by atoms with Crippen LogP contribution in [0.4, 0.5) is 4.79 Å². The zero-order valence-electron chi connectivity index (χ0n) is 19.5. The molecule has 0 radical (unpaired) electrons. The Kier molecular flexibility index (Phi) is 7.45. The molecule has 0 aromatic heterocycles. The summed E-state index contributed by atoms with van der Waals surface area (Å²) in [7, 11) is 0. The normalized spacial score (nSPS) is 12.8. The molecule has 7 heteroatoms. The van der Waals surface area contributed by atoms with Gasteiger partial charge in [-0.25, -0.2) is 4.79 Å². The number of carboxylic acid groups (broad SMARTS) is 1. The van der Waals surface area contributed by atoms with E-state index < -0.39 is 18.1 Å². The largest absolute Gasteiger partial charge is 0.481 e. The molecule has 1 aliphatic carbocycles. The predicted octanol–water partition coefficient (Wildman–Crippen LogP) is 4.25. The van der Waals surface area contributed by atoms with Gasteiger partial charge in [0.15, 0.2) is 0 Å². The first-order chi connectivity index (χ1) is 16.9. The topological polar surface area (TPSA) is 105 Å². The van der Waals surface area contributed by atoms with E-state index in [9.17, 15) is 14.4 Å². The monoisotopic (exact) mass is 472 g/mol. The number of fused-ring (bicyclic) bond motifs is 3. The maximum absolute atomic E-state index is 12.5. The molecule has 3 aromatic rings. The lowest BCUT2D eigenvalue weighted by atomic mass is 9.98. The number of amides is 2. The highest BCUT2D eigenvalue weighted by molar-refractivity contribution is 5.80. The molecule has 180 valence electrons. The number of alkyl carbamates (subject to hydrolysis) is 1. The molecule has 0 bridgehead atoms. The predicted molar refractivity (Wildman–Crippen MR) is 132 cm³/mol. The van der Waals surface area contributed by atoms with Gasteiger partial charge in [-0.2, -0.15) is 0 Å². The van der Waals surface area contributed by atoms with Crippen LogP contribution in [0.15, 0.2) is 72.8 Å². The van der Waals surface area contributed by atoms with Crippen LogP contribution in [-0.4, -0.2) is 35.7 Å². The maximum atomic E-state index is 12.5. The molecule has 7 nitrogen and oxygen atoms in total. The average Bonchev–Trinajstić information content (AvgIpc) is 3.15. The molecule has 2 amide bonds. The van der Waals surface area contributed by atoms with Gasteiger partial charge >= 0.3 is 12.1 Å². The number of rotatable bonds is 9. The molecule has 0 saturated carbocycles. The summed E-state index contributed by atoms with van der Waals surface area (Å²) in [6, 6.07) is 23.2. The number of carboxylic acids is 1. The van der Waals surface area contributed by atoms with E-state index in [1.54, 1.807) is 6.92 Å². The van der Waals surface area contributed by atoms with Gasteiger partial charge in [0.1, 0.15) is 6.61 Å². The van der Waals surface area contributed by atoms with Crippen molar-refractivity contribution in [3.8, 4) is 11.1 Å². The van der Waals surface area contributed by atoms with E-state index in [4.69, 9.17) is 9.84 Å². The van der Waals surface area contributed by atoms with E-state index in [2.05, 4.69) is 34.9 Å². The van der Waals surface area contributed by atoms with Crippen LogP contribution >= 0.6 is 0 Å². The molecule has 0 spiro atoms. The number of aliphatic carboxylic acids is 1. The smallest absolute Gasteiger partial charge is 0.407 e. The van der Waals surface area contributed by atoms with Gasteiger partial charge in [0, 0.05) is 18.5 Å². The molecule has 0 unspecified atom stereocenters. The Morgan fingerprint density at radius 1 is 0.886 bits per heavy atom. The van der Waals surface area contributed by atoms with Crippen LogP contribution < -0.4 is 10.6 Å². The van der Waals surface area contributed by atoms with Crippen molar-refractivity contribution in [3.05, 3.63) is 95.1 Å². The molecule has 1 aliphatic rings. The molecule has 0 heterocycles. The third-order valence-electron chi connectivity index (χ3n) is 6.12. The van der Waals surface area contributed by atoms with Crippen LogP contribution in [0.2, 0.25) is 0 Å². The first-order valence-corrected chi connectivity index (χ1v) is 11.6. The Morgan fingerprint density at radius 2 is 1.46 bits per heavy atom. The van der Waals surface area contributed by atoms with Crippen molar-refractivity contribution < 1.29 is 24.2 Å². The van der Waals surface area contributed by atoms with Gasteiger partial charge in [-0.3, -0.25) is 9.59 Å². The van der Waals surface area contributed by atoms with Crippen molar-refractivity contribution in [2.75, 3.05) is 6.61 Å². The number of carbonyl (C=O) groups is 3. The number of ether oxygens (including phenoxy) is 1. The second-order valence-corrected chi connectivity index (χ2v) is 8.69. The third kappa shape index (κ3) is 5.87. The standard InChI is InChI=1S/C28H28N2O5/c1-18(14-27(32)33)30-26(31)15-19-8-2-3-9-20(19)16-29-28(34)35-17-25-23-12-6-4-10-21(23)22-11-5-7-13-24(22)25/h2-13,18,25H,14-17H2,1H3,(H,29,34)(H,30,31)(H,32,33)/t18-/m0/s1. The molecule has 4 rings (SSSR count). The van der Waals surface area contributed by atoms with Crippen LogP contribution in [0.3, 0.4) is 0 Å². The summed E-state index contributed by atoms with van der Waals surface area (Å²) < 4.78 is 5.59. The van der Waals surface area contributed by atoms with E-state index in [1.807, 2.05) is 48.5 Å². The van der Waals surface area contributed by atoms with Gasteiger partial charge in [0.25, 0.3) is 0 Å². The Morgan fingerprint density at radius 3 is 2.09 bits per heavy atom. The Balaban J connectivity index is 1.33. The van der Waals surface area contributed by atoms with E-state index >= 15 is 0 Å². The number of hydrogen-bond acceptors (Lipinski definition) is 4. The molecule has 0 aliphatic heterocycles. The summed E-state index contributed by atoms with van der Waals surface area (Å²) in [5, 5.41) is 14.3. The first-order valence-electron chi connectivity index (χ1n) is 11.6. The second-order valence-electron chi connectivity index (χ2n) is 8.69. The summed E-state index contributed by atoms with van der Waals surface area (Å²) in [6.45, 7) is 2.09. The molecule has 0 fully saturated rings. The fourth-order valence-corrected chi connectivity index (χ4v) is 4.53. The minimum Gasteiger partial charge on any atom is -0.481 e. The summed E-state index contributed by atoms with van der Waals surface area (Å²) >= 11 is 0. The minimum atomic E-state index is -0.967. The molecule has 35 heavy (non-hydrogen) atoms. The zero-order chi connectivity index (χ0) is 24.8. The molecule has 3 aromatic carbocycles. The lowest BCUT2D eigenvalue weighted by Gasteiger charge is -2.16. The van der Waals surface area contributed by atoms with Gasteiger partial charge in [0.2, 0.25) is 5.91 Å². The van der Waals surface area contributed by atoms with Crippen molar-refractivity contribution in [3.63, 3.8) is 0 Å². The van der Waals surface area contributed by atoms with Gasteiger partial charge in [0.05, 0.1) is 12.8 Å². The van der Waals surface area contributed by atoms with Crippen molar-refractivity contribution in [2.45, 2.75) is 38.3 Å². The zero-order valence-corrected chi connectivity index (χ0v) is 19.5. The van der Waals surface area contributed by atoms with Gasteiger partial charge in [-0.05, 0) is 40.3 Å². The highest BCUT2D eigenvalue weighted by Crippen LogP contribution is 2.44. The number of nitrogens with one attached hydrogen (secondary N) is 2. The summed E-state index contributed by atoms with van der Waals surface area (Å²) in [5.41, 5.74) is 6.18. The van der Waals surface area contributed by atoms with E-state index in [0.717, 1.165) is 22.3 Å². The van der Waals surface area contributed by atoms with Gasteiger partial charge in [-0.15, -0.1) is 0 Å². The SMILES string of the molecule is C[C@@H](CC(=O)O)NC(=O)Cc1ccccc1CNC(=O)OCC1c2ccccc2-c2ccccc21. The Labute approximate surface area is 204 Å². The average molecular weight is 473 g/mol.